The maximum atomic E-state index is 6.47. The van der Waals surface area contributed by atoms with E-state index < -0.39 is 0 Å². The molecule has 0 N–H and O–H groups in total. The molecular formula is C27H30ClN. The van der Waals surface area contributed by atoms with Crippen molar-refractivity contribution in [2.75, 3.05) is 4.90 Å². The van der Waals surface area contributed by atoms with E-state index in [2.05, 4.69) is 93.3 Å². The van der Waals surface area contributed by atoms with E-state index in [1.807, 2.05) is 6.07 Å². The van der Waals surface area contributed by atoms with Gasteiger partial charge in [-0.3, -0.25) is 0 Å². The van der Waals surface area contributed by atoms with Gasteiger partial charge in [-0.05, 0) is 72.9 Å². The van der Waals surface area contributed by atoms with Crippen molar-refractivity contribution in [3.63, 3.8) is 0 Å². The van der Waals surface area contributed by atoms with Crippen LogP contribution >= 0.6 is 11.6 Å². The summed E-state index contributed by atoms with van der Waals surface area (Å²) >= 11 is 6.47. The van der Waals surface area contributed by atoms with E-state index in [4.69, 9.17) is 11.6 Å². The fraction of sp³-hybridized carbons (Fsp3) is 0.333. The Morgan fingerprint density at radius 3 is 2.41 bits per heavy atom. The number of fused-ring (bicyclic) bond motifs is 1. The Labute approximate surface area is 180 Å². The highest BCUT2D eigenvalue weighted by atomic mass is 35.5. The van der Waals surface area contributed by atoms with Crippen LogP contribution in [0.15, 0.2) is 66.7 Å². The van der Waals surface area contributed by atoms with E-state index in [0.29, 0.717) is 5.92 Å². The van der Waals surface area contributed by atoms with E-state index in [1.54, 1.807) is 0 Å². The molecule has 1 nitrogen and oxygen atoms in total. The molecule has 0 bridgehead atoms. The molecule has 0 aliphatic carbocycles. The Morgan fingerprint density at radius 1 is 0.966 bits per heavy atom. The third kappa shape index (κ3) is 3.57. The van der Waals surface area contributed by atoms with Gasteiger partial charge in [0.05, 0.1) is 0 Å². The zero-order valence-corrected chi connectivity index (χ0v) is 18.6. The maximum Gasteiger partial charge on any atom is 0.0489 e. The van der Waals surface area contributed by atoms with Crippen molar-refractivity contribution in [3.05, 3.63) is 82.9 Å². The smallest absolute Gasteiger partial charge is 0.0489 e. The van der Waals surface area contributed by atoms with Crippen LogP contribution in [0.1, 0.15) is 57.1 Å². The second kappa shape index (κ2) is 7.88. The van der Waals surface area contributed by atoms with Crippen LogP contribution in [0.2, 0.25) is 5.02 Å². The molecule has 0 radical (unpaired) electrons. The van der Waals surface area contributed by atoms with Gasteiger partial charge in [-0.1, -0.05) is 74.7 Å². The Balaban J connectivity index is 1.87. The Bertz CT molecular complexity index is 990. The lowest BCUT2D eigenvalue weighted by molar-refractivity contribution is 0.374. The second-order valence-electron chi connectivity index (χ2n) is 8.64. The van der Waals surface area contributed by atoms with Crippen molar-refractivity contribution in [3.8, 4) is 11.1 Å². The average molecular weight is 404 g/mol. The molecule has 3 aromatic rings. The number of hydrogen-bond acceptors (Lipinski definition) is 1. The first kappa shape index (κ1) is 20.0. The molecular weight excluding hydrogens is 374 g/mol. The van der Waals surface area contributed by atoms with E-state index >= 15 is 0 Å². The van der Waals surface area contributed by atoms with Crippen LogP contribution in [0.5, 0.6) is 0 Å². The highest BCUT2D eigenvalue weighted by molar-refractivity contribution is 6.31. The van der Waals surface area contributed by atoms with Gasteiger partial charge in [-0.15, -0.1) is 0 Å². The molecule has 1 aliphatic heterocycles. The van der Waals surface area contributed by atoms with Crippen molar-refractivity contribution in [1.29, 1.82) is 0 Å². The van der Waals surface area contributed by atoms with Gasteiger partial charge in [0.15, 0.2) is 0 Å². The summed E-state index contributed by atoms with van der Waals surface area (Å²) in [7, 11) is 0. The van der Waals surface area contributed by atoms with E-state index in [9.17, 15) is 0 Å². The van der Waals surface area contributed by atoms with Crippen LogP contribution in [0, 0.1) is 6.92 Å². The van der Waals surface area contributed by atoms with Gasteiger partial charge < -0.3 is 4.90 Å². The highest BCUT2D eigenvalue weighted by Crippen LogP contribution is 2.54. The van der Waals surface area contributed by atoms with Crippen LogP contribution in [-0.4, -0.2) is 5.54 Å². The number of anilines is 2. The fourth-order valence-corrected chi connectivity index (χ4v) is 5.15. The van der Waals surface area contributed by atoms with Crippen molar-refractivity contribution in [2.45, 2.75) is 58.4 Å². The van der Waals surface area contributed by atoms with E-state index in [1.165, 1.54) is 46.5 Å². The van der Waals surface area contributed by atoms with Gasteiger partial charge in [0.2, 0.25) is 0 Å². The van der Waals surface area contributed by atoms with Crippen molar-refractivity contribution in [2.24, 2.45) is 0 Å². The topological polar surface area (TPSA) is 3.24 Å². The first-order valence-corrected chi connectivity index (χ1v) is 11.1. The van der Waals surface area contributed by atoms with Crippen LogP contribution in [0.25, 0.3) is 11.1 Å². The SMILES string of the molecule is CCCCC1(C)C(C)c2cc(-c3ccccc3)ccc2N1c1cc(C)cc(Cl)c1. The minimum absolute atomic E-state index is 0.0325. The Hall–Kier alpha value is -2.25. The van der Waals surface area contributed by atoms with Gasteiger partial charge in [0.1, 0.15) is 0 Å². The quantitative estimate of drug-likeness (QED) is 0.412. The molecule has 0 saturated carbocycles. The number of halogens is 1. The molecule has 0 spiro atoms. The Morgan fingerprint density at radius 2 is 1.72 bits per heavy atom. The molecule has 2 unspecified atom stereocenters. The maximum absolute atomic E-state index is 6.47. The van der Waals surface area contributed by atoms with Crippen LogP contribution in [0.3, 0.4) is 0 Å². The zero-order valence-electron chi connectivity index (χ0n) is 17.9. The normalized spacial score (nSPS) is 20.7. The number of aryl methyl sites for hydroxylation is 1. The predicted molar refractivity (Wildman–Crippen MR) is 127 cm³/mol. The molecule has 0 aromatic heterocycles. The number of hydrogen-bond donors (Lipinski definition) is 0. The van der Waals surface area contributed by atoms with E-state index in [-0.39, 0.29) is 5.54 Å². The van der Waals surface area contributed by atoms with Crippen LogP contribution in [-0.2, 0) is 0 Å². The number of benzene rings is 3. The van der Waals surface area contributed by atoms with Gasteiger partial charge in [-0.25, -0.2) is 0 Å². The third-order valence-electron chi connectivity index (χ3n) is 6.61. The van der Waals surface area contributed by atoms with Gasteiger partial charge in [0.25, 0.3) is 0 Å². The van der Waals surface area contributed by atoms with Gasteiger partial charge in [-0.2, -0.15) is 0 Å². The lowest BCUT2D eigenvalue weighted by Gasteiger charge is -2.41. The van der Waals surface area contributed by atoms with Crippen LogP contribution < -0.4 is 4.90 Å². The van der Waals surface area contributed by atoms with Crippen LogP contribution in [0.4, 0.5) is 11.4 Å². The molecule has 4 rings (SSSR count). The summed E-state index contributed by atoms with van der Waals surface area (Å²) < 4.78 is 0. The van der Waals surface area contributed by atoms with E-state index in [0.717, 1.165) is 11.4 Å². The zero-order chi connectivity index (χ0) is 20.6. The monoisotopic (exact) mass is 403 g/mol. The largest absolute Gasteiger partial charge is 0.335 e. The molecule has 1 aliphatic rings. The first-order valence-electron chi connectivity index (χ1n) is 10.7. The molecule has 0 saturated heterocycles. The lowest BCUT2D eigenvalue weighted by Crippen LogP contribution is -2.42. The standard InChI is InChI=1S/C27H30ClN/c1-5-6-14-27(4)20(3)25-17-22(21-10-8-7-9-11-21)12-13-26(25)29(27)24-16-19(2)15-23(28)18-24/h7-13,15-18,20H,5-6,14H2,1-4H3. The molecule has 2 atom stereocenters. The highest BCUT2D eigenvalue weighted by Gasteiger charge is 2.46. The molecule has 3 aromatic carbocycles. The minimum atomic E-state index is 0.0325. The van der Waals surface area contributed by atoms with Crippen molar-refractivity contribution < 1.29 is 0 Å². The Kier molecular flexibility index (Phi) is 5.44. The first-order chi connectivity index (χ1) is 13.9. The van der Waals surface area contributed by atoms with Crippen molar-refractivity contribution >= 4 is 23.0 Å². The third-order valence-corrected chi connectivity index (χ3v) is 6.83. The predicted octanol–water partition coefficient (Wildman–Crippen LogP) is 8.52. The summed E-state index contributed by atoms with van der Waals surface area (Å²) in [6.45, 7) is 9.21. The summed E-state index contributed by atoms with van der Waals surface area (Å²) in [5.41, 5.74) is 7.75. The second-order valence-corrected chi connectivity index (χ2v) is 9.08. The molecule has 150 valence electrons. The molecule has 2 heteroatoms. The van der Waals surface area contributed by atoms with Crippen molar-refractivity contribution in [1.82, 2.24) is 0 Å². The summed E-state index contributed by atoms with van der Waals surface area (Å²) in [5, 5.41) is 0.805. The number of nitrogens with zero attached hydrogens (tertiary/aromatic N) is 1. The minimum Gasteiger partial charge on any atom is -0.335 e. The molecule has 1 heterocycles. The summed E-state index contributed by atoms with van der Waals surface area (Å²) in [6.07, 6.45) is 3.58. The van der Waals surface area contributed by atoms with Gasteiger partial charge >= 0.3 is 0 Å². The number of unbranched alkanes of at least 4 members (excludes halogenated alkanes) is 1. The lowest BCUT2D eigenvalue weighted by atomic mass is 9.80. The molecule has 0 fully saturated rings. The molecule has 29 heavy (non-hydrogen) atoms. The van der Waals surface area contributed by atoms with Gasteiger partial charge in [0, 0.05) is 27.9 Å². The summed E-state index contributed by atoms with van der Waals surface area (Å²) in [4.78, 5) is 2.55. The number of rotatable bonds is 5. The summed E-state index contributed by atoms with van der Waals surface area (Å²) in [5.74, 6) is 0.437. The molecule has 0 amide bonds. The fourth-order valence-electron chi connectivity index (χ4n) is 4.86. The average Bonchev–Trinajstić information content (AvgIpc) is 2.93. The summed E-state index contributed by atoms with van der Waals surface area (Å²) in [6, 6.07) is 24.1.